The van der Waals surface area contributed by atoms with Crippen LogP contribution in [0.4, 0.5) is 5.69 Å². The van der Waals surface area contributed by atoms with Crippen molar-refractivity contribution in [2.45, 2.75) is 52.2 Å². The van der Waals surface area contributed by atoms with Crippen LogP contribution in [0.15, 0.2) is 30.3 Å². The quantitative estimate of drug-likeness (QED) is 0.837. The minimum atomic E-state index is -0.821. The van der Waals surface area contributed by atoms with Crippen LogP contribution in [0.3, 0.4) is 0 Å². The van der Waals surface area contributed by atoms with Gasteiger partial charge in [0.25, 0.3) is 5.91 Å². The third-order valence-corrected chi connectivity index (χ3v) is 6.95. The Hall–Kier alpha value is -2.67. The molecule has 0 saturated carbocycles. The number of thiophene rings is 1. The summed E-state index contributed by atoms with van der Waals surface area (Å²) in [5.41, 5.74) is 1.38. The Morgan fingerprint density at radius 3 is 2.69 bits per heavy atom. The molecule has 1 aromatic heterocycles. The van der Waals surface area contributed by atoms with Crippen LogP contribution in [0.25, 0.3) is 0 Å². The standard InChI is InChI=1S/C22H25N3O3S/c1-13-11-17(15(3)29-13)14(2)23-19(26)12-24-21(28)16-7-5-6-8-18(16)25-20(27)9-10-22(24,25)4/h5-8,11,14H,9-10,12H2,1-4H3,(H,23,26)/t14-,22+/m1/s1. The van der Waals surface area contributed by atoms with E-state index in [1.54, 1.807) is 39.3 Å². The number of fused-ring (bicyclic) bond motifs is 3. The van der Waals surface area contributed by atoms with E-state index in [1.807, 2.05) is 33.8 Å². The van der Waals surface area contributed by atoms with E-state index >= 15 is 0 Å². The monoisotopic (exact) mass is 411 g/mol. The van der Waals surface area contributed by atoms with Crippen LogP contribution in [-0.4, -0.2) is 34.8 Å². The highest BCUT2D eigenvalue weighted by molar-refractivity contribution is 7.12. The van der Waals surface area contributed by atoms with Crippen molar-refractivity contribution < 1.29 is 14.4 Å². The zero-order valence-corrected chi connectivity index (χ0v) is 17.9. The lowest BCUT2D eigenvalue weighted by Crippen LogP contribution is -2.63. The molecule has 2 atom stereocenters. The molecule has 2 aromatic rings. The van der Waals surface area contributed by atoms with Gasteiger partial charge in [-0.15, -0.1) is 11.3 Å². The Balaban J connectivity index is 1.59. The molecule has 1 aromatic carbocycles. The highest BCUT2D eigenvalue weighted by Gasteiger charge is 2.53. The molecule has 6 nitrogen and oxygen atoms in total. The van der Waals surface area contributed by atoms with E-state index in [0.717, 1.165) is 5.56 Å². The van der Waals surface area contributed by atoms with Crippen LogP contribution in [0, 0.1) is 13.8 Å². The normalized spacial score (nSPS) is 21.8. The SMILES string of the molecule is Cc1cc([C@@H](C)NC(=O)CN2C(=O)c3ccccc3N3C(=O)CC[C@@]23C)c(C)s1. The fourth-order valence-electron chi connectivity index (χ4n) is 4.53. The Morgan fingerprint density at radius 1 is 1.28 bits per heavy atom. The van der Waals surface area contributed by atoms with Gasteiger partial charge in [-0.05, 0) is 57.9 Å². The predicted molar refractivity (Wildman–Crippen MR) is 113 cm³/mol. The van der Waals surface area contributed by atoms with Crippen molar-refractivity contribution in [1.29, 1.82) is 0 Å². The van der Waals surface area contributed by atoms with Crippen molar-refractivity contribution in [3.8, 4) is 0 Å². The summed E-state index contributed by atoms with van der Waals surface area (Å²) < 4.78 is 0. The van der Waals surface area contributed by atoms with Crippen LogP contribution < -0.4 is 10.2 Å². The van der Waals surface area contributed by atoms with Crippen LogP contribution in [0.5, 0.6) is 0 Å². The lowest BCUT2D eigenvalue weighted by atomic mass is 9.98. The topological polar surface area (TPSA) is 69.7 Å². The van der Waals surface area contributed by atoms with Gasteiger partial charge in [0, 0.05) is 16.2 Å². The number of carbonyl (C=O) groups excluding carboxylic acids is 3. The van der Waals surface area contributed by atoms with E-state index in [-0.39, 0.29) is 30.3 Å². The molecule has 3 amide bonds. The molecular weight excluding hydrogens is 386 g/mol. The lowest BCUT2D eigenvalue weighted by Gasteiger charge is -2.48. The highest BCUT2D eigenvalue weighted by atomic mass is 32.1. The van der Waals surface area contributed by atoms with Gasteiger partial charge in [0.05, 0.1) is 17.3 Å². The van der Waals surface area contributed by atoms with E-state index < -0.39 is 5.66 Å². The lowest BCUT2D eigenvalue weighted by molar-refractivity contribution is -0.124. The second kappa shape index (κ2) is 6.99. The van der Waals surface area contributed by atoms with Crippen molar-refractivity contribution >= 4 is 34.7 Å². The van der Waals surface area contributed by atoms with Gasteiger partial charge < -0.3 is 10.2 Å². The molecule has 0 unspecified atom stereocenters. The fourth-order valence-corrected chi connectivity index (χ4v) is 5.55. The fraction of sp³-hybridized carbons (Fsp3) is 0.409. The number of nitrogens with zero attached hydrogens (tertiary/aromatic N) is 2. The maximum absolute atomic E-state index is 13.2. The van der Waals surface area contributed by atoms with Gasteiger partial charge in [-0.1, -0.05) is 12.1 Å². The highest BCUT2D eigenvalue weighted by Crippen LogP contribution is 2.43. The van der Waals surface area contributed by atoms with E-state index in [4.69, 9.17) is 0 Å². The zero-order chi connectivity index (χ0) is 20.9. The molecule has 7 heteroatoms. The summed E-state index contributed by atoms with van der Waals surface area (Å²) in [5, 5.41) is 3.02. The third-order valence-electron chi connectivity index (χ3n) is 5.97. The summed E-state index contributed by atoms with van der Waals surface area (Å²) in [5.74, 6) is -0.455. The van der Waals surface area contributed by atoms with Crippen LogP contribution >= 0.6 is 11.3 Å². The average molecular weight is 412 g/mol. The molecule has 0 spiro atoms. The molecule has 4 rings (SSSR count). The summed E-state index contributed by atoms with van der Waals surface area (Å²) in [6.07, 6.45) is 0.873. The minimum absolute atomic E-state index is 0.0180. The number of carbonyl (C=O) groups is 3. The number of hydrogen-bond donors (Lipinski definition) is 1. The van der Waals surface area contributed by atoms with Gasteiger partial charge in [-0.3, -0.25) is 19.3 Å². The molecule has 0 aliphatic carbocycles. The smallest absolute Gasteiger partial charge is 0.258 e. The van der Waals surface area contributed by atoms with Gasteiger partial charge in [-0.25, -0.2) is 0 Å². The van der Waals surface area contributed by atoms with Gasteiger partial charge in [0.15, 0.2) is 0 Å². The molecule has 2 aliphatic heterocycles. The molecule has 1 N–H and O–H groups in total. The number of hydrogen-bond acceptors (Lipinski definition) is 4. The Morgan fingerprint density at radius 2 is 2.00 bits per heavy atom. The molecule has 0 radical (unpaired) electrons. The van der Waals surface area contributed by atoms with Crippen LogP contribution in [0.1, 0.15) is 58.4 Å². The van der Waals surface area contributed by atoms with E-state index in [0.29, 0.717) is 24.1 Å². The molecule has 3 heterocycles. The number of aryl methyl sites for hydroxylation is 2. The van der Waals surface area contributed by atoms with Crippen molar-refractivity contribution in [3.05, 3.63) is 51.2 Å². The molecule has 2 aliphatic rings. The predicted octanol–water partition coefficient (Wildman–Crippen LogP) is 3.54. The minimum Gasteiger partial charge on any atom is -0.348 e. The average Bonchev–Trinajstić information content (AvgIpc) is 3.17. The van der Waals surface area contributed by atoms with Gasteiger partial charge in [0.2, 0.25) is 11.8 Å². The summed E-state index contributed by atoms with van der Waals surface area (Å²) in [6.45, 7) is 7.83. The number of para-hydroxylation sites is 1. The van der Waals surface area contributed by atoms with Crippen LogP contribution in [0.2, 0.25) is 0 Å². The largest absolute Gasteiger partial charge is 0.348 e. The summed E-state index contributed by atoms with van der Waals surface area (Å²) in [7, 11) is 0. The molecule has 152 valence electrons. The molecule has 29 heavy (non-hydrogen) atoms. The van der Waals surface area contributed by atoms with Gasteiger partial charge in [0.1, 0.15) is 12.2 Å². The van der Waals surface area contributed by atoms with Crippen molar-refractivity contribution in [3.63, 3.8) is 0 Å². The number of rotatable bonds is 4. The first-order valence-electron chi connectivity index (χ1n) is 9.82. The second-order valence-electron chi connectivity index (χ2n) is 8.01. The Labute approximate surface area is 174 Å². The number of amides is 3. The van der Waals surface area contributed by atoms with Crippen molar-refractivity contribution in [2.24, 2.45) is 0 Å². The third kappa shape index (κ3) is 3.13. The van der Waals surface area contributed by atoms with Crippen LogP contribution in [-0.2, 0) is 9.59 Å². The number of benzene rings is 1. The maximum atomic E-state index is 13.2. The van der Waals surface area contributed by atoms with E-state index in [1.165, 1.54) is 9.75 Å². The van der Waals surface area contributed by atoms with Crippen molar-refractivity contribution in [2.75, 3.05) is 11.4 Å². The molecule has 0 bridgehead atoms. The number of nitrogens with one attached hydrogen (secondary N) is 1. The Kier molecular flexibility index (Phi) is 4.73. The maximum Gasteiger partial charge on any atom is 0.258 e. The zero-order valence-electron chi connectivity index (χ0n) is 17.1. The van der Waals surface area contributed by atoms with Gasteiger partial charge in [-0.2, -0.15) is 0 Å². The van der Waals surface area contributed by atoms with E-state index in [2.05, 4.69) is 11.4 Å². The Bertz CT molecular complexity index is 1010. The van der Waals surface area contributed by atoms with Crippen molar-refractivity contribution in [1.82, 2.24) is 10.2 Å². The van der Waals surface area contributed by atoms with E-state index in [9.17, 15) is 14.4 Å². The summed E-state index contributed by atoms with van der Waals surface area (Å²) in [6, 6.07) is 9.07. The first kappa shape index (κ1) is 19.6. The summed E-state index contributed by atoms with van der Waals surface area (Å²) >= 11 is 1.71. The molecule has 1 saturated heterocycles. The summed E-state index contributed by atoms with van der Waals surface area (Å²) in [4.78, 5) is 44.3. The molecule has 1 fully saturated rings. The van der Waals surface area contributed by atoms with Gasteiger partial charge >= 0.3 is 0 Å². The first-order valence-corrected chi connectivity index (χ1v) is 10.6. The first-order chi connectivity index (χ1) is 13.7. The molecular formula is C22H25N3O3S. The number of anilines is 1. The second-order valence-corrected chi connectivity index (χ2v) is 9.47.